The van der Waals surface area contributed by atoms with E-state index in [9.17, 15) is 14.0 Å². The minimum Gasteiger partial charge on any atom is -0.493 e. The van der Waals surface area contributed by atoms with Crippen molar-refractivity contribution < 1.29 is 28.2 Å². The predicted molar refractivity (Wildman–Crippen MR) is 109 cm³/mol. The molecule has 7 heteroatoms. The van der Waals surface area contributed by atoms with Gasteiger partial charge in [0, 0.05) is 15.6 Å². The molecule has 1 heterocycles. The second-order valence-electron chi connectivity index (χ2n) is 6.32. The van der Waals surface area contributed by atoms with Crippen LogP contribution in [0.1, 0.15) is 34.1 Å². The summed E-state index contributed by atoms with van der Waals surface area (Å²) in [7, 11) is 0. The van der Waals surface area contributed by atoms with Gasteiger partial charge in [-0.25, -0.2) is 9.18 Å². The van der Waals surface area contributed by atoms with E-state index in [0.717, 1.165) is 16.9 Å². The fourth-order valence-electron chi connectivity index (χ4n) is 2.78. The molecule has 0 aliphatic rings. The zero-order chi connectivity index (χ0) is 20.8. The Labute approximate surface area is 172 Å². The normalized spacial score (nSPS) is 10.7. The average molecular weight is 416 g/mol. The Bertz CT molecular complexity index is 1010. The summed E-state index contributed by atoms with van der Waals surface area (Å²) in [5.41, 5.74) is 1.44. The zero-order valence-electron chi connectivity index (χ0n) is 16.2. The molecule has 3 aromatic rings. The van der Waals surface area contributed by atoms with Crippen LogP contribution in [0.4, 0.5) is 4.39 Å². The summed E-state index contributed by atoms with van der Waals surface area (Å²) in [4.78, 5) is 24.6. The third kappa shape index (κ3) is 5.12. The standard InChI is InChI=1S/C22H21FO5S/c1-3-26-22(25)21-16(20-17(23)5-4-6-18(20)29-21)13-28-19(24)11-12-27-15-9-7-14(2)8-10-15/h4-10H,3,11-13H2,1-2H3. The van der Waals surface area contributed by atoms with Gasteiger partial charge in [-0.3, -0.25) is 4.79 Å². The van der Waals surface area contributed by atoms with Crippen LogP contribution in [0.15, 0.2) is 42.5 Å². The minimum absolute atomic E-state index is 0.0349. The first-order valence-corrected chi connectivity index (χ1v) is 10.0. The summed E-state index contributed by atoms with van der Waals surface area (Å²) in [5.74, 6) is -0.855. The Morgan fingerprint density at radius 1 is 1.07 bits per heavy atom. The van der Waals surface area contributed by atoms with Gasteiger partial charge in [0.05, 0.1) is 19.6 Å². The van der Waals surface area contributed by atoms with Crippen LogP contribution in [-0.2, 0) is 20.9 Å². The summed E-state index contributed by atoms with van der Waals surface area (Å²) >= 11 is 1.12. The number of ether oxygens (including phenoxy) is 3. The van der Waals surface area contributed by atoms with Crippen LogP contribution in [0.2, 0.25) is 0 Å². The summed E-state index contributed by atoms with van der Waals surface area (Å²) in [6, 6.07) is 12.1. The van der Waals surface area contributed by atoms with Crippen LogP contribution >= 0.6 is 11.3 Å². The predicted octanol–water partition coefficient (Wildman–Crippen LogP) is 5.04. The molecule has 0 aliphatic carbocycles. The molecule has 0 bridgehead atoms. The second-order valence-corrected chi connectivity index (χ2v) is 7.37. The topological polar surface area (TPSA) is 61.8 Å². The number of halogens is 1. The largest absolute Gasteiger partial charge is 0.493 e. The van der Waals surface area contributed by atoms with Crippen molar-refractivity contribution in [2.24, 2.45) is 0 Å². The molecule has 0 radical (unpaired) electrons. The molecular formula is C22H21FO5S. The lowest BCUT2D eigenvalue weighted by Crippen LogP contribution is -2.12. The van der Waals surface area contributed by atoms with Gasteiger partial charge in [-0.2, -0.15) is 0 Å². The van der Waals surface area contributed by atoms with Gasteiger partial charge >= 0.3 is 11.9 Å². The number of esters is 2. The minimum atomic E-state index is -0.554. The van der Waals surface area contributed by atoms with Crippen LogP contribution in [0.5, 0.6) is 5.75 Å². The lowest BCUT2D eigenvalue weighted by atomic mass is 10.1. The summed E-state index contributed by atoms with van der Waals surface area (Å²) in [5, 5.41) is 0.282. The van der Waals surface area contributed by atoms with Gasteiger partial charge in [0.2, 0.25) is 0 Å². The molecule has 0 unspecified atom stereocenters. The lowest BCUT2D eigenvalue weighted by molar-refractivity contribution is -0.145. The van der Waals surface area contributed by atoms with Crippen LogP contribution in [0, 0.1) is 12.7 Å². The Kier molecular flexibility index (Phi) is 6.82. The van der Waals surface area contributed by atoms with Gasteiger partial charge < -0.3 is 14.2 Å². The highest BCUT2D eigenvalue weighted by Crippen LogP contribution is 2.34. The molecule has 29 heavy (non-hydrogen) atoms. The number of hydrogen-bond acceptors (Lipinski definition) is 6. The molecule has 5 nitrogen and oxygen atoms in total. The number of benzene rings is 2. The molecule has 0 spiro atoms. The molecule has 1 aromatic heterocycles. The first-order chi connectivity index (χ1) is 14.0. The van der Waals surface area contributed by atoms with E-state index in [-0.39, 0.29) is 36.5 Å². The van der Waals surface area contributed by atoms with Crippen LogP contribution < -0.4 is 4.74 Å². The van der Waals surface area contributed by atoms with E-state index in [1.165, 1.54) is 6.07 Å². The molecule has 0 N–H and O–H groups in total. The SMILES string of the molecule is CCOC(=O)c1sc2cccc(F)c2c1COC(=O)CCOc1ccc(C)cc1. The summed E-state index contributed by atoms with van der Waals surface area (Å²) < 4.78 is 30.8. The zero-order valence-corrected chi connectivity index (χ0v) is 17.0. The van der Waals surface area contributed by atoms with E-state index < -0.39 is 17.8 Å². The summed E-state index contributed by atoms with van der Waals surface area (Å²) in [6.45, 7) is 3.82. The second kappa shape index (κ2) is 9.52. The van der Waals surface area contributed by atoms with E-state index in [2.05, 4.69) is 0 Å². The Balaban J connectivity index is 1.65. The smallest absolute Gasteiger partial charge is 0.348 e. The van der Waals surface area contributed by atoms with Gasteiger partial charge in [0.25, 0.3) is 0 Å². The van der Waals surface area contributed by atoms with E-state index in [1.807, 2.05) is 31.2 Å². The van der Waals surface area contributed by atoms with Crippen LogP contribution in [-0.4, -0.2) is 25.2 Å². The molecule has 0 amide bonds. The molecular weight excluding hydrogens is 395 g/mol. The van der Waals surface area contributed by atoms with Gasteiger partial charge in [-0.1, -0.05) is 23.8 Å². The van der Waals surface area contributed by atoms with Gasteiger partial charge in [0.15, 0.2) is 0 Å². The van der Waals surface area contributed by atoms with Crippen molar-refractivity contribution in [3.8, 4) is 5.75 Å². The molecule has 0 saturated heterocycles. The monoisotopic (exact) mass is 416 g/mol. The first kappa shape index (κ1) is 20.8. The summed E-state index contributed by atoms with van der Waals surface area (Å²) in [6.07, 6.45) is 0.0349. The number of thiophene rings is 1. The fraction of sp³-hybridized carbons (Fsp3) is 0.273. The van der Waals surface area contributed by atoms with Crippen molar-refractivity contribution >= 4 is 33.4 Å². The third-order valence-corrected chi connectivity index (χ3v) is 5.37. The van der Waals surface area contributed by atoms with Crippen molar-refractivity contribution in [3.05, 3.63) is 64.3 Å². The van der Waals surface area contributed by atoms with Gasteiger partial charge in [-0.05, 0) is 38.1 Å². The molecule has 152 valence electrons. The Morgan fingerprint density at radius 3 is 2.55 bits per heavy atom. The molecule has 0 fully saturated rings. The van der Waals surface area contributed by atoms with Gasteiger partial charge in [0.1, 0.15) is 23.1 Å². The number of aryl methyl sites for hydroxylation is 1. The van der Waals surface area contributed by atoms with Crippen LogP contribution in [0.3, 0.4) is 0 Å². The first-order valence-electron chi connectivity index (χ1n) is 9.21. The Morgan fingerprint density at radius 2 is 1.83 bits per heavy atom. The van der Waals surface area contributed by atoms with Crippen LogP contribution in [0.25, 0.3) is 10.1 Å². The highest BCUT2D eigenvalue weighted by atomic mass is 32.1. The number of hydrogen-bond donors (Lipinski definition) is 0. The molecule has 0 aliphatic heterocycles. The third-order valence-electron chi connectivity index (χ3n) is 4.20. The molecule has 2 aromatic carbocycles. The highest BCUT2D eigenvalue weighted by molar-refractivity contribution is 7.21. The lowest BCUT2D eigenvalue weighted by Gasteiger charge is -2.08. The maximum Gasteiger partial charge on any atom is 0.348 e. The van der Waals surface area contributed by atoms with Crippen molar-refractivity contribution in [1.82, 2.24) is 0 Å². The van der Waals surface area contributed by atoms with E-state index in [4.69, 9.17) is 14.2 Å². The van der Waals surface area contributed by atoms with Crippen molar-refractivity contribution in [1.29, 1.82) is 0 Å². The van der Waals surface area contributed by atoms with E-state index >= 15 is 0 Å². The molecule has 0 saturated carbocycles. The quantitative estimate of drug-likeness (QED) is 0.482. The fourth-order valence-corrected chi connectivity index (χ4v) is 3.89. The Hall–Kier alpha value is -2.93. The molecule has 3 rings (SSSR count). The van der Waals surface area contributed by atoms with E-state index in [0.29, 0.717) is 16.0 Å². The number of carbonyl (C=O) groups is 2. The van der Waals surface area contributed by atoms with Gasteiger partial charge in [-0.15, -0.1) is 11.3 Å². The number of carbonyl (C=O) groups excluding carboxylic acids is 2. The van der Waals surface area contributed by atoms with Crippen molar-refractivity contribution in [2.75, 3.05) is 13.2 Å². The maximum atomic E-state index is 14.3. The van der Waals surface area contributed by atoms with E-state index in [1.54, 1.807) is 19.1 Å². The number of fused-ring (bicyclic) bond motifs is 1. The maximum absolute atomic E-state index is 14.3. The van der Waals surface area contributed by atoms with Crippen molar-refractivity contribution in [3.63, 3.8) is 0 Å². The van der Waals surface area contributed by atoms with Crippen molar-refractivity contribution in [2.45, 2.75) is 26.9 Å². The highest BCUT2D eigenvalue weighted by Gasteiger charge is 2.22. The molecule has 0 atom stereocenters. The number of rotatable bonds is 8. The average Bonchev–Trinajstić information content (AvgIpc) is 3.08.